The summed E-state index contributed by atoms with van der Waals surface area (Å²) in [7, 11) is 0. The SMILES string of the molecule is Cc1ncc(-c2nccn2Cc2cccn3nccc23)cn1. The molecule has 0 unspecified atom stereocenters. The number of rotatable bonds is 3. The second-order valence-corrected chi connectivity index (χ2v) is 5.09. The molecule has 0 N–H and O–H groups in total. The zero-order valence-electron chi connectivity index (χ0n) is 12.1. The number of hydrogen-bond acceptors (Lipinski definition) is 4. The van der Waals surface area contributed by atoms with Crippen molar-refractivity contribution in [3.05, 3.63) is 66.8 Å². The number of nitrogens with zero attached hydrogens (tertiary/aromatic N) is 6. The number of imidazole rings is 1. The quantitative estimate of drug-likeness (QED) is 0.581. The summed E-state index contributed by atoms with van der Waals surface area (Å²) in [5.41, 5.74) is 3.20. The normalized spacial score (nSPS) is 11.1. The summed E-state index contributed by atoms with van der Waals surface area (Å²) in [6, 6.07) is 6.12. The van der Waals surface area contributed by atoms with Crippen molar-refractivity contribution < 1.29 is 0 Å². The van der Waals surface area contributed by atoms with Crippen LogP contribution in [0.1, 0.15) is 11.4 Å². The van der Waals surface area contributed by atoms with Crippen molar-refractivity contribution in [1.82, 2.24) is 29.1 Å². The Morgan fingerprint density at radius 3 is 2.73 bits per heavy atom. The van der Waals surface area contributed by atoms with Gasteiger partial charge in [0.15, 0.2) is 0 Å². The first kappa shape index (κ1) is 12.7. The molecule has 0 aromatic carbocycles. The van der Waals surface area contributed by atoms with Crippen LogP contribution in [0.2, 0.25) is 0 Å². The van der Waals surface area contributed by atoms with Gasteiger partial charge < -0.3 is 4.57 Å². The Bertz CT molecular complexity index is 919. The molecule has 0 atom stereocenters. The molecule has 0 bridgehead atoms. The van der Waals surface area contributed by atoms with E-state index in [2.05, 4.69) is 30.7 Å². The molecule has 108 valence electrons. The van der Waals surface area contributed by atoms with Gasteiger partial charge in [-0.3, -0.25) is 0 Å². The average Bonchev–Trinajstić information content (AvgIpc) is 3.17. The lowest BCUT2D eigenvalue weighted by molar-refractivity contribution is 0.802. The molecular weight excluding hydrogens is 276 g/mol. The lowest BCUT2D eigenvalue weighted by Gasteiger charge is -2.09. The maximum absolute atomic E-state index is 4.44. The van der Waals surface area contributed by atoms with Crippen LogP contribution in [0.5, 0.6) is 0 Å². The van der Waals surface area contributed by atoms with Crippen LogP contribution < -0.4 is 0 Å². The van der Waals surface area contributed by atoms with E-state index < -0.39 is 0 Å². The van der Waals surface area contributed by atoms with Crippen LogP contribution in [0, 0.1) is 6.92 Å². The van der Waals surface area contributed by atoms with E-state index >= 15 is 0 Å². The summed E-state index contributed by atoms with van der Waals surface area (Å²) in [5.74, 6) is 1.62. The zero-order chi connectivity index (χ0) is 14.9. The number of aryl methyl sites for hydroxylation is 1. The maximum atomic E-state index is 4.44. The van der Waals surface area contributed by atoms with Crippen molar-refractivity contribution in [2.45, 2.75) is 13.5 Å². The van der Waals surface area contributed by atoms with E-state index in [1.54, 1.807) is 18.6 Å². The first-order chi connectivity index (χ1) is 10.8. The second kappa shape index (κ2) is 5.07. The van der Waals surface area contributed by atoms with Crippen molar-refractivity contribution in [1.29, 1.82) is 0 Å². The molecule has 0 saturated heterocycles. The molecule has 0 radical (unpaired) electrons. The van der Waals surface area contributed by atoms with Crippen LogP contribution in [-0.4, -0.2) is 29.1 Å². The van der Waals surface area contributed by atoms with E-state index in [9.17, 15) is 0 Å². The van der Waals surface area contributed by atoms with Gasteiger partial charge >= 0.3 is 0 Å². The predicted octanol–water partition coefficient (Wildman–Crippen LogP) is 2.34. The summed E-state index contributed by atoms with van der Waals surface area (Å²) in [5, 5.41) is 4.27. The number of pyridine rings is 1. The van der Waals surface area contributed by atoms with Crippen LogP contribution in [0.3, 0.4) is 0 Å². The Hall–Kier alpha value is -3.02. The van der Waals surface area contributed by atoms with E-state index in [1.165, 1.54) is 5.56 Å². The van der Waals surface area contributed by atoms with Gasteiger partial charge in [-0.15, -0.1) is 0 Å². The number of fused-ring (bicyclic) bond motifs is 1. The molecule has 0 fully saturated rings. The second-order valence-electron chi connectivity index (χ2n) is 5.09. The Balaban J connectivity index is 1.74. The fraction of sp³-hybridized carbons (Fsp3) is 0.125. The Kier molecular flexibility index (Phi) is 2.93. The van der Waals surface area contributed by atoms with Gasteiger partial charge in [0.2, 0.25) is 0 Å². The van der Waals surface area contributed by atoms with Crippen LogP contribution in [0.4, 0.5) is 0 Å². The lowest BCUT2D eigenvalue weighted by atomic mass is 10.2. The summed E-state index contributed by atoms with van der Waals surface area (Å²) in [6.07, 6.45) is 11.1. The van der Waals surface area contributed by atoms with Gasteiger partial charge in [0.1, 0.15) is 11.6 Å². The molecule has 0 aliphatic heterocycles. The van der Waals surface area contributed by atoms with Gasteiger partial charge in [-0.25, -0.2) is 19.5 Å². The minimum atomic E-state index is 0.721. The summed E-state index contributed by atoms with van der Waals surface area (Å²) in [4.78, 5) is 12.9. The van der Waals surface area contributed by atoms with Gasteiger partial charge in [-0.1, -0.05) is 6.07 Å². The predicted molar refractivity (Wildman–Crippen MR) is 82.3 cm³/mol. The third-order valence-electron chi connectivity index (χ3n) is 3.62. The molecule has 0 spiro atoms. The molecule has 6 heteroatoms. The Morgan fingerprint density at radius 1 is 1.00 bits per heavy atom. The molecule has 0 amide bonds. The molecule has 4 aromatic rings. The van der Waals surface area contributed by atoms with Gasteiger partial charge in [-0.2, -0.15) is 5.10 Å². The first-order valence-electron chi connectivity index (χ1n) is 7.03. The van der Waals surface area contributed by atoms with Crippen molar-refractivity contribution in [2.24, 2.45) is 0 Å². The maximum Gasteiger partial charge on any atom is 0.143 e. The Labute approximate surface area is 127 Å². The first-order valence-corrected chi connectivity index (χ1v) is 7.03. The van der Waals surface area contributed by atoms with Gasteiger partial charge in [0.05, 0.1) is 17.6 Å². The molecule has 4 aromatic heterocycles. The standard InChI is InChI=1S/C16H14N6/c1-12-18-9-14(10-19-12)16-17-6-8-21(16)11-13-3-2-7-22-15(13)4-5-20-22/h2-10H,11H2,1H3. The third kappa shape index (κ3) is 2.14. The summed E-state index contributed by atoms with van der Waals surface area (Å²) < 4.78 is 3.97. The van der Waals surface area contributed by atoms with E-state index in [4.69, 9.17) is 0 Å². The molecule has 4 heterocycles. The van der Waals surface area contributed by atoms with Crippen LogP contribution in [-0.2, 0) is 6.54 Å². The molecule has 0 aliphatic carbocycles. The molecular formula is C16H14N6. The van der Waals surface area contributed by atoms with Crippen molar-refractivity contribution >= 4 is 5.52 Å². The largest absolute Gasteiger partial charge is 0.326 e. The van der Waals surface area contributed by atoms with Crippen molar-refractivity contribution in [3.8, 4) is 11.4 Å². The fourth-order valence-electron chi connectivity index (χ4n) is 2.54. The van der Waals surface area contributed by atoms with E-state index in [1.807, 2.05) is 42.2 Å². The smallest absolute Gasteiger partial charge is 0.143 e. The highest BCUT2D eigenvalue weighted by molar-refractivity contribution is 5.56. The van der Waals surface area contributed by atoms with Crippen LogP contribution >= 0.6 is 0 Å². The molecule has 0 aliphatic rings. The molecule has 6 nitrogen and oxygen atoms in total. The third-order valence-corrected chi connectivity index (χ3v) is 3.62. The van der Waals surface area contributed by atoms with Gasteiger partial charge in [-0.05, 0) is 24.6 Å². The highest BCUT2D eigenvalue weighted by atomic mass is 15.2. The molecule has 0 saturated carbocycles. The number of aromatic nitrogens is 6. The van der Waals surface area contributed by atoms with Gasteiger partial charge in [0.25, 0.3) is 0 Å². The number of hydrogen-bond donors (Lipinski definition) is 0. The zero-order valence-corrected chi connectivity index (χ0v) is 12.1. The fourth-order valence-corrected chi connectivity index (χ4v) is 2.54. The lowest BCUT2D eigenvalue weighted by Crippen LogP contribution is -2.03. The highest BCUT2D eigenvalue weighted by Gasteiger charge is 2.09. The average molecular weight is 290 g/mol. The Morgan fingerprint density at radius 2 is 1.86 bits per heavy atom. The molecule has 4 rings (SSSR count). The monoisotopic (exact) mass is 290 g/mol. The van der Waals surface area contributed by atoms with E-state index in [0.29, 0.717) is 0 Å². The summed E-state index contributed by atoms with van der Waals surface area (Å²) in [6.45, 7) is 2.59. The van der Waals surface area contributed by atoms with Crippen LogP contribution in [0.15, 0.2) is 55.4 Å². The highest BCUT2D eigenvalue weighted by Crippen LogP contribution is 2.19. The minimum Gasteiger partial charge on any atom is -0.326 e. The van der Waals surface area contributed by atoms with Crippen LogP contribution in [0.25, 0.3) is 16.9 Å². The summed E-state index contributed by atoms with van der Waals surface area (Å²) >= 11 is 0. The van der Waals surface area contributed by atoms with E-state index in [0.717, 1.165) is 29.3 Å². The van der Waals surface area contributed by atoms with E-state index in [-0.39, 0.29) is 0 Å². The topological polar surface area (TPSA) is 60.9 Å². The molecule has 22 heavy (non-hydrogen) atoms. The minimum absolute atomic E-state index is 0.721. The van der Waals surface area contributed by atoms with Crippen molar-refractivity contribution in [3.63, 3.8) is 0 Å². The van der Waals surface area contributed by atoms with Crippen molar-refractivity contribution in [2.75, 3.05) is 0 Å². The van der Waals surface area contributed by atoms with Gasteiger partial charge in [0, 0.05) is 37.2 Å².